The van der Waals surface area contributed by atoms with E-state index >= 15 is 0 Å². The summed E-state index contributed by atoms with van der Waals surface area (Å²) in [4.78, 5) is 29.2. The Hall–Kier alpha value is -1.50. The molecule has 1 aromatic rings. The largest absolute Gasteiger partial charge is 0.325 e. The number of amidine groups is 1. The lowest BCUT2D eigenvalue weighted by molar-refractivity contribution is -0.122. The fraction of sp³-hybridized carbons (Fsp3) is 0.389. The molecule has 0 radical (unpaired) electrons. The summed E-state index contributed by atoms with van der Waals surface area (Å²) < 4.78 is 0. The summed E-state index contributed by atoms with van der Waals surface area (Å²) in [5.74, 6) is 0.642. The summed E-state index contributed by atoms with van der Waals surface area (Å²) in [6.45, 7) is 0. The fourth-order valence-electron chi connectivity index (χ4n) is 3.61. The van der Waals surface area contributed by atoms with Gasteiger partial charge in [0, 0.05) is 11.4 Å². The molecule has 1 aromatic carbocycles. The molecular weight excluding hydrogens is 393 g/mol. The van der Waals surface area contributed by atoms with Crippen LogP contribution in [0.15, 0.2) is 35.3 Å². The molecule has 1 heterocycles. The number of rotatable bonds is 4. The van der Waals surface area contributed by atoms with Crippen LogP contribution in [0.3, 0.4) is 0 Å². The van der Waals surface area contributed by atoms with Crippen molar-refractivity contribution in [1.82, 2.24) is 5.32 Å². The quantitative estimate of drug-likeness (QED) is 0.741. The van der Waals surface area contributed by atoms with Crippen LogP contribution in [-0.4, -0.2) is 28.3 Å². The number of nitrogens with one attached hydrogen (secondary N) is 2. The van der Waals surface area contributed by atoms with Crippen molar-refractivity contribution in [3.8, 4) is 0 Å². The molecule has 0 spiro atoms. The number of fused-ring (bicyclic) bond motifs is 2. The van der Waals surface area contributed by atoms with Crippen molar-refractivity contribution >= 4 is 57.6 Å². The molecule has 0 unspecified atom stereocenters. The van der Waals surface area contributed by atoms with Crippen LogP contribution in [0.2, 0.25) is 10.0 Å². The third kappa shape index (κ3) is 3.77. The fourth-order valence-corrected chi connectivity index (χ4v) is 4.98. The molecule has 2 N–H and O–H groups in total. The normalized spacial score (nSPS) is 30.8. The van der Waals surface area contributed by atoms with Gasteiger partial charge in [0.2, 0.25) is 11.8 Å². The van der Waals surface area contributed by atoms with E-state index in [2.05, 4.69) is 22.8 Å². The lowest BCUT2D eigenvalue weighted by atomic mass is 10.0. The first-order valence-corrected chi connectivity index (χ1v) is 10.1. The molecule has 1 saturated heterocycles. The van der Waals surface area contributed by atoms with Crippen LogP contribution in [0.1, 0.15) is 19.3 Å². The lowest BCUT2D eigenvalue weighted by Crippen LogP contribution is -2.28. The lowest BCUT2D eigenvalue weighted by Gasteiger charge is -2.13. The number of hydrogen-bond acceptors (Lipinski definition) is 4. The minimum atomic E-state index is -0.485. The smallest absolute Gasteiger partial charge is 0.240 e. The summed E-state index contributed by atoms with van der Waals surface area (Å²) in [7, 11) is 0. The molecule has 8 heteroatoms. The monoisotopic (exact) mass is 409 g/mol. The molecule has 2 bridgehead atoms. The number of amides is 2. The van der Waals surface area contributed by atoms with Crippen LogP contribution in [0, 0.1) is 11.8 Å². The van der Waals surface area contributed by atoms with Crippen molar-refractivity contribution in [3.63, 3.8) is 0 Å². The van der Waals surface area contributed by atoms with E-state index in [0.29, 0.717) is 32.7 Å². The molecule has 1 aliphatic heterocycles. The highest BCUT2D eigenvalue weighted by atomic mass is 35.5. The van der Waals surface area contributed by atoms with E-state index in [1.54, 1.807) is 18.2 Å². The van der Waals surface area contributed by atoms with Gasteiger partial charge in [0.1, 0.15) is 5.25 Å². The second kappa shape index (κ2) is 7.25. The maximum atomic E-state index is 12.3. The number of nitrogens with zero attached hydrogens (tertiary/aromatic N) is 1. The molecule has 0 aromatic heterocycles. The molecule has 2 fully saturated rings. The molecule has 3 aliphatic rings. The summed E-state index contributed by atoms with van der Waals surface area (Å²) in [5, 5.41) is 6.53. The number of carbonyl (C=O) groups is 2. The summed E-state index contributed by atoms with van der Waals surface area (Å²) in [5.41, 5.74) is 0.440. The summed E-state index contributed by atoms with van der Waals surface area (Å²) in [6, 6.07) is 5.09. The molecule has 2 aliphatic carbocycles. The maximum Gasteiger partial charge on any atom is 0.240 e. The van der Waals surface area contributed by atoms with Crippen molar-refractivity contribution in [2.24, 2.45) is 16.8 Å². The van der Waals surface area contributed by atoms with E-state index in [9.17, 15) is 9.59 Å². The summed E-state index contributed by atoms with van der Waals surface area (Å²) >= 11 is 13.3. The van der Waals surface area contributed by atoms with E-state index in [-0.39, 0.29) is 24.3 Å². The average Bonchev–Trinajstić information content (AvgIpc) is 3.28. The van der Waals surface area contributed by atoms with Gasteiger partial charge in [-0.1, -0.05) is 47.1 Å². The number of benzene rings is 1. The predicted octanol–water partition coefficient (Wildman–Crippen LogP) is 3.87. The third-order valence-electron chi connectivity index (χ3n) is 4.88. The Bertz CT molecular complexity index is 827. The van der Waals surface area contributed by atoms with Gasteiger partial charge in [-0.05, 0) is 42.9 Å². The Balaban J connectivity index is 1.36. The molecule has 4 rings (SSSR count). The van der Waals surface area contributed by atoms with Crippen LogP contribution < -0.4 is 10.6 Å². The number of carbonyl (C=O) groups excluding carboxylic acids is 2. The van der Waals surface area contributed by atoms with Crippen LogP contribution in [0.25, 0.3) is 0 Å². The Labute approximate surface area is 165 Å². The zero-order valence-electron chi connectivity index (χ0n) is 13.7. The van der Waals surface area contributed by atoms with Gasteiger partial charge in [-0.15, -0.1) is 0 Å². The predicted molar refractivity (Wildman–Crippen MR) is 106 cm³/mol. The van der Waals surface area contributed by atoms with Crippen LogP contribution in [0.4, 0.5) is 5.69 Å². The number of thioether (sulfide) groups is 1. The van der Waals surface area contributed by atoms with Crippen molar-refractivity contribution < 1.29 is 9.59 Å². The van der Waals surface area contributed by atoms with Gasteiger partial charge < -0.3 is 10.6 Å². The average molecular weight is 410 g/mol. The van der Waals surface area contributed by atoms with Gasteiger partial charge >= 0.3 is 0 Å². The van der Waals surface area contributed by atoms with Crippen molar-refractivity contribution in [2.45, 2.75) is 30.6 Å². The first-order chi connectivity index (χ1) is 12.5. The first-order valence-electron chi connectivity index (χ1n) is 8.46. The molecular formula is C18H17Cl2N3O2S. The summed E-state index contributed by atoms with van der Waals surface area (Å²) in [6.07, 6.45) is 6.74. The second-order valence-corrected chi connectivity index (χ2v) is 8.79. The van der Waals surface area contributed by atoms with Crippen molar-refractivity contribution in [3.05, 3.63) is 40.4 Å². The van der Waals surface area contributed by atoms with Gasteiger partial charge in [0.05, 0.1) is 16.8 Å². The van der Waals surface area contributed by atoms with E-state index in [4.69, 9.17) is 28.2 Å². The van der Waals surface area contributed by atoms with Crippen LogP contribution in [-0.2, 0) is 9.59 Å². The number of allylic oxidation sites excluding steroid dienone is 1. The Morgan fingerprint density at radius 3 is 2.88 bits per heavy atom. The van der Waals surface area contributed by atoms with Crippen LogP contribution >= 0.6 is 35.0 Å². The maximum absolute atomic E-state index is 12.3. The zero-order chi connectivity index (χ0) is 18.3. The molecule has 5 nitrogen and oxygen atoms in total. The molecule has 1 saturated carbocycles. The molecule has 136 valence electrons. The van der Waals surface area contributed by atoms with E-state index in [1.807, 2.05) is 0 Å². The highest BCUT2D eigenvalue weighted by Crippen LogP contribution is 2.41. The van der Waals surface area contributed by atoms with E-state index < -0.39 is 5.25 Å². The molecule has 4 atom stereocenters. The standard InChI is InChI=1S/C18H17Cl2N3O2S/c19-11-3-4-12(20)14(7-11)21-16(24)8-15-17(25)23-18(26-15)22-13-6-9-1-2-10(13)5-9/h1-4,7,9-10,13,15H,5-6,8H2,(H,21,24)(H,22,23,25)/t9-,10-,13+,15-/m1/s1. The van der Waals surface area contributed by atoms with Gasteiger partial charge in [-0.2, -0.15) is 0 Å². The topological polar surface area (TPSA) is 70.6 Å². The van der Waals surface area contributed by atoms with Gasteiger partial charge in [-0.3, -0.25) is 14.6 Å². The molecule has 26 heavy (non-hydrogen) atoms. The minimum absolute atomic E-state index is 0.0506. The Morgan fingerprint density at radius 1 is 1.31 bits per heavy atom. The Morgan fingerprint density at radius 2 is 2.15 bits per heavy atom. The van der Waals surface area contributed by atoms with E-state index in [0.717, 1.165) is 12.8 Å². The number of hydrogen-bond donors (Lipinski definition) is 2. The molecule has 2 amide bonds. The highest BCUT2D eigenvalue weighted by Gasteiger charge is 2.38. The van der Waals surface area contributed by atoms with Gasteiger partial charge in [-0.25, -0.2) is 0 Å². The number of halogens is 2. The number of aliphatic imine (C=N–C) groups is 1. The van der Waals surface area contributed by atoms with E-state index in [1.165, 1.54) is 11.8 Å². The van der Waals surface area contributed by atoms with Crippen LogP contribution in [0.5, 0.6) is 0 Å². The van der Waals surface area contributed by atoms with Crippen molar-refractivity contribution in [1.29, 1.82) is 0 Å². The zero-order valence-corrected chi connectivity index (χ0v) is 16.1. The SMILES string of the molecule is O=C(C[C@H]1SC(=N[C@H]2C[C@@H]3C=C[C@@H]2C3)NC1=O)Nc1cc(Cl)ccc1Cl. The minimum Gasteiger partial charge on any atom is -0.325 e. The van der Waals surface area contributed by atoms with Gasteiger partial charge in [0.25, 0.3) is 0 Å². The highest BCUT2D eigenvalue weighted by molar-refractivity contribution is 8.15. The second-order valence-electron chi connectivity index (χ2n) is 6.75. The number of anilines is 1. The Kier molecular flexibility index (Phi) is 4.99. The third-order valence-corrected chi connectivity index (χ3v) is 6.54. The first kappa shape index (κ1) is 17.9. The van der Waals surface area contributed by atoms with Gasteiger partial charge in [0.15, 0.2) is 5.17 Å². The van der Waals surface area contributed by atoms with Crippen molar-refractivity contribution in [2.75, 3.05) is 5.32 Å².